The van der Waals surface area contributed by atoms with Crippen molar-refractivity contribution in [2.24, 2.45) is 17.6 Å². The topological polar surface area (TPSA) is 26.0 Å². The maximum atomic E-state index is 6.24. The monoisotopic (exact) mass is 243 g/mol. The fourth-order valence-corrected chi connectivity index (χ4v) is 4.01. The van der Waals surface area contributed by atoms with Crippen LogP contribution >= 0.6 is 11.8 Å². The Balaban J connectivity index is 2.26. The second-order valence-corrected chi connectivity index (χ2v) is 6.94. The zero-order chi connectivity index (χ0) is 12.0. The average Bonchev–Trinajstić information content (AvgIpc) is 2.26. The van der Waals surface area contributed by atoms with Crippen LogP contribution in [-0.4, -0.2) is 17.0 Å². The molecule has 96 valence electrons. The van der Waals surface area contributed by atoms with Crippen molar-refractivity contribution >= 4 is 11.8 Å². The Kier molecular flexibility index (Phi) is 6.83. The maximum absolute atomic E-state index is 6.24. The lowest BCUT2D eigenvalue weighted by molar-refractivity contribution is 0.266. The molecule has 1 aliphatic carbocycles. The van der Waals surface area contributed by atoms with Crippen LogP contribution in [-0.2, 0) is 0 Å². The maximum Gasteiger partial charge on any atom is 0.0201 e. The summed E-state index contributed by atoms with van der Waals surface area (Å²) in [6.45, 7) is 6.99. The Bertz CT molecular complexity index is 182. The van der Waals surface area contributed by atoms with Crippen molar-refractivity contribution in [3.05, 3.63) is 0 Å². The van der Waals surface area contributed by atoms with Gasteiger partial charge in [0, 0.05) is 11.3 Å². The highest BCUT2D eigenvalue weighted by Gasteiger charge is 2.29. The van der Waals surface area contributed by atoms with E-state index in [0.29, 0.717) is 6.04 Å². The summed E-state index contributed by atoms with van der Waals surface area (Å²) in [6.07, 6.45) is 8.03. The van der Waals surface area contributed by atoms with E-state index in [1.54, 1.807) is 0 Å². The van der Waals surface area contributed by atoms with Crippen LogP contribution in [0.1, 0.15) is 59.3 Å². The van der Waals surface area contributed by atoms with Crippen molar-refractivity contribution in [3.63, 3.8) is 0 Å². The lowest BCUT2D eigenvalue weighted by Gasteiger charge is -2.35. The number of hydrogen-bond donors (Lipinski definition) is 1. The molecular weight excluding hydrogens is 214 g/mol. The number of nitrogens with two attached hydrogens (primary N) is 1. The molecule has 0 spiro atoms. The van der Waals surface area contributed by atoms with Crippen molar-refractivity contribution < 1.29 is 0 Å². The first kappa shape index (κ1) is 14.4. The zero-order valence-electron chi connectivity index (χ0n) is 11.2. The Morgan fingerprint density at radius 2 is 2.00 bits per heavy atom. The fourth-order valence-electron chi connectivity index (χ4n) is 2.57. The SMILES string of the molecule is CCCCCSC1CC(C(C)C)CCC1N. The lowest BCUT2D eigenvalue weighted by Crippen LogP contribution is -2.39. The second-order valence-electron chi connectivity index (χ2n) is 5.60. The van der Waals surface area contributed by atoms with Crippen molar-refractivity contribution in [2.75, 3.05) is 5.75 Å². The summed E-state index contributed by atoms with van der Waals surface area (Å²) < 4.78 is 0. The second kappa shape index (κ2) is 7.60. The van der Waals surface area contributed by atoms with E-state index >= 15 is 0 Å². The van der Waals surface area contributed by atoms with Gasteiger partial charge >= 0.3 is 0 Å². The first-order valence-electron chi connectivity index (χ1n) is 7.02. The fraction of sp³-hybridized carbons (Fsp3) is 1.00. The molecule has 0 aromatic carbocycles. The summed E-state index contributed by atoms with van der Waals surface area (Å²) in [5.41, 5.74) is 6.24. The van der Waals surface area contributed by atoms with Crippen LogP contribution in [0.25, 0.3) is 0 Å². The van der Waals surface area contributed by atoms with Gasteiger partial charge in [-0.3, -0.25) is 0 Å². The number of hydrogen-bond acceptors (Lipinski definition) is 2. The van der Waals surface area contributed by atoms with Gasteiger partial charge in [0.1, 0.15) is 0 Å². The molecule has 0 aromatic heterocycles. The summed E-state index contributed by atoms with van der Waals surface area (Å²) in [5.74, 6) is 3.08. The molecule has 0 amide bonds. The van der Waals surface area contributed by atoms with Gasteiger partial charge in [0.05, 0.1) is 0 Å². The molecule has 2 heteroatoms. The van der Waals surface area contributed by atoms with E-state index < -0.39 is 0 Å². The predicted molar refractivity (Wildman–Crippen MR) is 75.9 cm³/mol. The van der Waals surface area contributed by atoms with E-state index in [1.807, 2.05) is 0 Å². The largest absolute Gasteiger partial charge is 0.327 e. The molecule has 0 saturated heterocycles. The minimum absolute atomic E-state index is 0.460. The molecule has 16 heavy (non-hydrogen) atoms. The third-order valence-corrected chi connectivity index (χ3v) is 5.40. The van der Waals surface area contributed by atoms with Crippen LogP contribution in [0.2, 0.25) is 0 Å². The Hall–Kier alpha value is 0.310. The van der Waals surface area contributed by atoms with Crippen LogP contribution in [0.5, 0.6) is 0 Å². The number of unbranched alkanes of at least 4 members (excludes halogenated alkanes) is 2. The van der Waals surface area contributed by atoms with E-state index in [0.717, 1.165) is 17.1 Å². The van der Waals surface area contributed by atoms with Crippen LogP contribution < -0.4 is 5.73 Å². The highest BCUT2D eigenvalue weighted by molar-refractivity contribution is 7.99. The van der Waals surface area contributed by atoms with Crippen LogP contribution in [0.4, 0.5) is 0 Å². The lowest BCUT2D eigenvalue weighted by atomic mass is 9.79. The van der Waals surface area contributed by atoms with Gasteiger partial charge in [-0.05, 0) is 43.3 Å². The molecule has 0 radical (unpaired) electrons. The van der Waals surface area contributed by atoms with Crippen LogP contribution in [0.3, 0.4) is 0 Å². The minimum atomic E-state index is 0.460. The third kappa shape index (κ3) is 4.67. The van der Waals surface area contributed by atoms with Gasteiger partial charge in [-0.25, -0.2) is 0 Å². The van der Waals surface area contributed by atoms with Crippen molar-refractivity contribution in [1.82, 2.24) is 0 Å². The van der Waals surface area contributed by atoms with Gasteiger partial charge in [-0.2, -0.15) is 11.8 Å². The molecule has 0 aromatic rings. The van der Waals surface area contributed by atoms with E-state index in [-0.39, 0.29) is 0 Å². The molecule has 1 aliphatic rings. The first-order valence-corrected chi connectivity index (χ1v) is 8.07. The first-order chi connectivity index (χ1) is 7.65. The van der Waals surface area contributed by atoms with Gasteiger partial charge in [0.15, 0.2) is 0 Å². The number of rotatable bonds is 6. The molecule has 1 rings (SSSR count). The molecule has 2 N–H and O–H groups in total. The summed E-state index contributed by atoms with van der Waals surface area (Å²) in [7, 11) is 0. The summed E-state index contributed by atoms with van der Waals surface area (Å²) >= 11 is 2.14. The van der Waals surface area contributed by atoms with Crippen molar-refractivity contribution in [3.8, 4) is 0 Å². The standard InChI is InChI=1S/C14H29NS/c1-4-5-6-9-16-14-10-12(11(2)3)7-8-13(14)15/h11-14H,4-10,15H2,1-3H3. The predicted octanol–water partition coefficient (Wildman–Crippen LogP) is 4.06. The smallest absolute Gasteiger partial charge is 0.0201 e. The highest BCUT2D eigenvalue weighted by Crippen LogP contribution is 2.35. The molecule has 1 nitrogen and oxygen atoms in total. The molecule has 3 atom stereocenters. The highest BCUT2D eigenvalue weighted by atomic mass is 32.2. The Labute approximate surface area is 106 Å². The molecule has 1 saturated carbocycles. The van der Waals surface area contributed by atoms with Gasteiger partial charge in [0.25, 0.3) is 0 Å². The zero-order valence-corrected chi connectivity index (χ0v) is 12.1. The number of thioether (sulfide) groups is 1. The van der Waals surface area contributed by atoms with E-state index in [9.17, 15) is 0 Å². The summed E-state index contributed by atoms with van der Waals surface area (Å²) in [4.78, 5) is 0. The molecule has 0 heterocycles. The molecule has 1 fully saturated rings. The normalized spacial score (nSPS) is 30.9. The van der Waals surface area contributed by atoms with E-state index in [4.69, 9.17) is 5.73 Å². The van der Waals surface area contributed by atoms with Crippen molar-refractivity contribution in [2.45, 2.75) is 70.6 Å². The van der Waals surface area contributed by atoms with Gasteiger partial charge in [-0.15, -0.1) is 0 Å². The molecule has 0 aliphatic heterocycles. The molecule has 3 unspecified atom stereocenters. The quantitative estimate of drug-likeness (QED) is 0.712. The Morgan fingerprint density at radius 3 is 2.62 bits per heavy atom. The van der Waals surface area contributed by atoms with E-state index in [2.05, 4.69) is 32.5 Å². The Morgan fingerprint density at radius 1 is 1.25 bits per heavy atom. The minimum Gasteiger partial charge on any atom is -0.327 e. The van der Waals surface area contributed by atoms with Crippen LogP contribution in [0, 0.1) is 11.8 Å². The molecule has 0 bridgehead atoms. The van der Waals surface area contributed by atoms with E-state index in [1.165, 1.54) is 44.3 Å². The van der Waals surface area contributed by atoms with Gasteiger partial charge < -0.3 is 5.73 Å². The van der Waals surface area contributed by atoms with Gasteiger partial charge in [0.2, 0.25) is 0 Å². The van der Waals surface area contributed by atoms with Crippen molar-refractivity contribution in [1.29, 1.82) is 0 Å². The molecular formula is C14H29NS. The average molecular weight is 243 g/mol. The summed E-state index contributed by atoms with van der Waals surface area (Å²) in [5, 5.41) is 0.734. The van der Waals surface area contributed by atoms with Gasteiger partial charge in [-0.1, -0.05) is 33.6 Å². The van der Waals surface area contributed by atoms with Crippen LogP contribution in [0.15, 0.2) is 0 Å². The third-order valence-electron chi connectivity index (χ3n) is 3.91. The summed E-state index contributed by atoms with van der Waals surface area (Å²) in [6, 6.07) is 0.460.